The van der Waals surface area contributed by atoms with Crippen molar-refractivity contribution < 1.29 is 9.47 Å². The number of aryl methyl sites for hydroxylation is 3. The number of hydrogen-bond donors (Lipinski definition) is 1. The summed E-state index contributed by atoms with van der Waals surface area (Å²) >= 11 is 0. The maximum atomic E-state index is 11.8. The molecule has 172 valence electrons. The van der Waals surface area contributed by atoms with E-state index in [0.717, 1.165) is 50.7 Å². The van der Waals surface area contributed by atoms with Gasteiger partial charge in [0.1, 0.15) is 12.4 Å². The quantitative estimate of drug-likeness (QED) is 0.444. The Balaban J connectivity index is 1.55. The molecule has 9 heteroatoms. The van der Waals surface area contributed by atoms with Crippen LogP contribution in [0.2, 0.25) is 0 Å². The monoisotopic (exact) mass is 448 g/mol. The molecule has 2 aromatic heterocycles. The van der Waals surface area contributed by atoms with Gasteiger partial charge in [-0.2, -0.15) is 9.78 Å². The van der Waals surface area contributed by atoms with Gasteiger partial charge in [0.2, 0.25) is 5.88 Å². The van der Waals surface area contributed by atoms with Crippen molar-refractivity contribution in [2.75, 3.05) is 6.61 Å². The predicted octanol–water partition coefficient (Wildman–Crippen LogP) is 3.32. The lowest BCUT2D eigenvalue weighted by Gasteiger charge is -2.15. The summed E-state index contributed by atoms with van der Waals surface area (Å²) in [5.41, 5.74) is 6.68. The molecule has 2 heterocycles. The first-order chi connectivity index (χ1) is 15.9. The number of aromatic nitrogens is 6. The van der Waals surface area contributed by atoms with Gasteiger partial charge in [0.25, 0.3) is 0 Å². The zero-order valence-corrected chi connectivity index (χ0v) is 19.5. The summed E-state index contributed by atoms with van der Waals surface area (Å²) in [6.07, 6.45) is 0. The average Bonchev–Trinajstić information content (AvgIpc) is 3.31. The molecule has 0 unspecified atom stereocenters. The number of H-pyrrole nitrogens is 1. The molecule has 0 aliphatic heterocycles. The summed E-state index contributed by atoms with van der Waals surface area (Å²) in [5, 5.41) is 14.3. The Hall–Kier alpha value is -3.88. The van der Waals surface area contributed by atoms with E-state index in [1.807, 2.05) is 65.1 Å². The van der Waals surface area contributed by atoms with E-state index in [4.69, 9.17) is 9.47 Å². The van der Waals surface area contributed by atoms with Crippen molar-refractivity contribution in [1.29, 1.82) is 0 Å². The molecule has 0 amide bonds. The molecule has 0 spiro atoms. The smallest absolute Gasteiger partial charge is 0.361 e. The Kier molecular flexibility index (Phi) is 6.30. The van der Waals surface area contributed by atoms with Crippen LogP contribution in [0.4, 0.5) is 0 Å². The molecule has 0 saturated carbocycles. The molecule has 0 atom stereocenters. The standard InChI is InChI=1S/C24H28N6O3/c1-6-32-23-17(4)22(26-29(23)5)18-10-11-21(16(3)12-18)33-14-20-15(2)8-7-9-19(20)13-30-24(31)25-27-28-30/h7-12H,6,13-14H2,1-5H3,(H,25,28,31). The SMILES string of the molecule is CCOc1c(C)c(-c2ccc(OCc3c(C)cccc3Cn3nn[nH]c3=O)c(C)c2)nn1C. The van der Waals surface area contributed by atoms with Gasteiger partial charge in [0.05, 0.1) is 18.8 Å². The van der Waals surface area contributed by atoms with Gasteiger partial charge in [-0.25, -0.2) is 14.6 Å². The lowest BCUT2D eigenvalue weighted by Crippen LogP contribution is -2.20. The molecule has 0 saturated heterocycles. The van der Waals surface area contributed by atoms with Gasteiger partial charge >= 0.3 is 5.69 Å². The van der Waals surface area contributed by atoms with Crippen LogP contribution in [-0.4, -0.2) is 36.6 Å². The molecule has 1 N–H and O–H groups in total. The highest BCUT2D eigenvalue weighted by molar-refractivity contribution is 5.67. The van der Waals surface area contributed by atoms with Crippen molar-refractivity contribution in [2.24, 2.45) is 7.05 Å². The number of tetrazole rings is 1. The third kappa shape index (κ3) is 4.52. The Morgan fingerprint density at radius 3 is 2.58 bits per heavy atom. The van der Waals surface area contributed by atoms with Crippen LogP contribution in [0.5, 0.6) is 11.6 Å². The van der Waals surface area contributed by atoms with E-state index in [0.29, 0.717) is 19.8 Å². The molecule has 33 heavy (non-hydrogen) atoms. The lowest BCUT2D eigenvalue weighted by molar-refractivity contribution is 0.301. The number of benzene rings is 2. The minimum atomic E-state index is -0.341. The van der Waals surface area contributed by atoms with Gasteiger partial charge in [0, 0.05) is 18.2 Å². The van der Waals surface area contributed by atoms with Gasteiger partial charge in [-0.15, -0.1) is 0 Å². The van der Waals surface area contributed by atoms with Crippen LogP contribution in [0.3, 0.4) is 0 Å². The fourth-order valence-corrected chi connectivity index (χ4v) is 3.94. The first-order valence-electron chi connectivity index (χ1n) is 10.8. The zero-order valence-electron chi connectivity index (χ0n) is 19.5. The van der Waals surface area contributed by atoms with E-state index in [1.54, 1.807) is 4.68 Å². The third-order valence-corrected chi connectivity index (χ3v) is 5.68. The van der Waals surface area contributed by atoms with Gasteiger partial charge in [-0.1, -0.05) is 18.2 Å². The molecule has 2 aromatic carbocycles. The largest absolute Gasteiger partial charge is 0.489 e. The maximum absolute atomic E-state index is 11.8. The Morgan fingerprint density at radius 1 is 1.06 bits per heavy atom. The van der Waals surface area contributed by atoms with Crippen molar-refractivity contribution >= 4 is 0 Å². The fourth-order valence-electron chi connectivity index (χ4n) is 3.94. The van der Waals surface area contributed by atoms with Crippen LogP contribution < -0.4 is 15.2 Å². The predicted molar refractivity (Wildman–Crippen MR) is 125 cm³/mol. The topological polar surface area (TPSA) is 99.8 Å². The average molecular weight is 449 g/mol. The molecule has 4 rings (SSSR count). The normalized spacial score (nSPS) is 11.1. The number of hydrogen-bond acceptors (Lipinski definition) is 6. The summed E-state index contributed by atoms with van der Waals surface area (Å²) < 4.78 is 15.0. The van der Waals surface area contributed by atoms with Crippen LogP contribution in [0.25, 0.3) is 11.3 Å². The van der Waals surface area contributed by atoms with E-state index >= 15 is 0 Å². The highest BCUT2D eigenvalue weighted by Gasteiger charge is 2.16. The van der Waals surface area contributed by atoms with E-state index in [-0.39, 0.29) is 5.69 Å². The van der Waals surface area contributed by atoms with Crippen molar-refractivity contribution in [3.8, 4) is 22.9 Å². The van der Waals surface area contributed by atoms with Gasteiger partial charge in [0.15, 0.2) is 0 Å². The van der Waals surface area contributed by atoms with Crippen molar-refractivity contribution in [2.45, 2.75) is 40.8 Å². The summed E-state index contributed by atoms with van der Waals surface area (Å²) in [6.45, 7) is 9.34. The van der Waals surface area contributed by atoms with Crippen LogP contribution in [0.1, 0.15) is 34.7 Å². The number of rotatable bonds is 8. The second kappa shape index (κ2) is 9.32. The van der Waals surface area contributed by atoms with Crippen LogP contribution >= 0.6 is 0 Å². The third-order valence-electron chi connectivity index (χ3n) is 5.68. The van der Waals surface area contributed by atoms with E-state index in [9.17, 15) is 4.79 Å². The Labute approximate surface area is 192 Å². The van der Waals surface area contributed by atoms with E-state index in [2.05, 4.69) is 26.7 Å². The highest BCUT2D eigenvalue weighted by Crippen LogP contribution is 2.32. The summed E-state index contributed by atoms with van der Waals surface area (Å²) in [4.78, 5) is 11.8. The lowest BCUT2D eigenvalue weighted by atomic mass is 10.0. The number of aromatic amines is 1. The minimum absolute atomic E-state index is 0.328. The van der Waals surface area contributed by atoms with Crippen molar-refractivity contribution in [3.63, 3.8) is 0 Å². The Morgan fingerprint density at radius 2 is 1.88 bits per heavy atom. The number of nitrogens with zero attached hydrogens (tertiary/aromatic N) is 5. The van der Waals surface area contributed by atoms with Crippen LogP contribution in [0, 0.1) is 20.8 Å². The second-order valence-corrected chi connectivity index (χ2v) is 7.98. The van der Waals surface area contributed by atoms with Crippen molar-refractivity contribution in [1.82, 2.24) is 30.0 Å². The van der Waals surface area contributed by atoms with Crippen molar-refractivity contribution in [3.05, 3.63) is 74.7 Å². The molecule has 0 aliphatic rings. The Bertz CT molecular complexity index is 1330. The molecule has 9 nitrogen and oxygen atoms in total. The minimum Gasteiger partial charge on any atom is -0.489 e. The fraction of sp³-hybridized carbons (Fsp3) is 0.333. The maximum Gasteiger partial charge on any atom is 0.361 e. The molecule has 0 bridgehead atoms. The molecular weight excluding hydrogens is 420 g/mol. The van der Waals surface area contributed by atoms with Gasteiger partial charge in [-0.05, 0) is 78.6 Å². The first-order valence-corrected chi connectivity index (χ1v) is 10.8. The first kappa shape index (κ1) is 22.3. The van der Waals surface area contributed by atoms with E-state index in [1.165, 1.54) is 4.68 Å². The summed E-state index contributed by atoms with van der Waals surface area (Å²) in [5.74, 6) is 1.58. The molecule has 4 aromatic rings. The van der Waals surface area contributed by atoms with Crippen LogP contribution in [-0.2, 0) is 20.2 Å². The molecule has 0 radical (unpaired) electrons. The second-order valence-electron chi connectivity index (χ2n) is 7.98. The van der Waals surface area contributed by atoms with Gasteiger partial charge < -0.3 is 9.47 Å². The number of ether oxygens (including phenoxy) is 2. The summed E-state index contributed by atoms with van der Waals surface area (Å²) in [6, 6.07) is 12.0. The molecule has 0 fully saturated rings. The zero-order chi connectivity index (χ0) is 23.5. The molecular formula is C24H28N6O3. The summed E-state index contributed by atoms with van der Waals surface area (Å²) in [7, 11) is 1.89. The van der Waals surface area contributed by atoms with Crippen LogP contribution in [0.15, 0.2) is 41.2 Å². The number of nitrogens with one attached hydrogen (secondary N) is 1. The van der Waals surface area contributed by atoms with Gasteiger partial charge in [-0.3, -0.25) is 0 Å². The molecule has 0 aliphatic carbocycles. The highest BCUT2D eigenvalue weighted by atomic mass is 16.5. The van der Waals surface area contributed by atoms with E-state index < -0.39 is 0 Å².